The average Bonchev–Trinajstić information content (AvgIpc) is 2.67. The molecule has 0 unspecified atom stereocenters. The Kier molecular flexibility index (Phi) is 6.24. The van der Waals surface area contributed by atoms with Crippen LogP contribution in [0, 0.1) is 0 Å². The minimum absolute atomic E-state index is 0.152. The lowest BCUT2D eigenvalue weighted by Crippen LogP contribution is -2.35. The van der Waals surface area contributed by atoms with E-state index in [4.69, 9.17) is 4.74 Å². The summed E-state index contributed by atoms with van der Waals surface area (Å²) in [5.74, 6) is -0.0210. The van der Waals surface area contributed by atoms with Gasteiger partial charge in [0.2, 0.25) is 5.91 Å². The van der Waals surface area contributed by atoms with Crippen molar-refractivity contribution >= 4 is 23.2 Å². The molecule has 0 saturated carbocycles. The molecular formula is C22H26N2O3. The quantitative estimate of drug-likeness (QED) is 0.825. The monoisotopic (exact) mass is 366 g/mol. The third-order valence-corrected chi connectivity index (χ3v) is 4.53. The first kappa shape index (κ1) is 19.1. The highest BCUT2D eigenvalue weighted by Crippen LogP contribution is 2.22. The molecule has 0 radical (unpaired) electrons. The summed E-state index contributed by atoms with van der Waals surface area (Å²) in [5.41, 5.74) is 3.16. The van der Waals surface area contributed by atoms with Crippen LogP contribution in [0.25, 0.3) is 0 Å². The summed E-state index contributed by atoms with van der Waals surface area (Å²) in [6, 6.07) is 14.9. The largest absolute Gasteiger partial charge is 0.374 e. The van der Waals surface area contributed by atoms with E-state index in [0.29, 0.717) is 18.6 Å². The predicted octanol–water partition coefficient (Wildman–Crippen LogP) is 4.38. The van der Waals surface area contributed by atoms with E-state index in [0.717, 1.165) is 36.3 Å². The van der Waals surface area contributed by atoms with Gasteiger partial charge in [-0.2, -0.15) is 0 Å². The molecule has 1 saturated heterocycles. The van der Waals surface area contributed by atoms with Gasteiger partial charge in [-0.05, 0) is 68.7 Å². The van der Waals surface area contributed by atoms with Crippen molar-refractivity contribution in [2.24, 2.45) is 0 Å². The molecule has 3 rings (SSSR count). The van der Waals surface area contributed by atoms with E-state index < -0.39 is 0 Å². The summed E-state index contributed by atoms with van der Waals surface area (Å²) >= 11 is 0. The maximum Gasteiger partial charge on any atom is 0.255 e. The van der Waals surface area contributed by atoms with Crippen LogP contribution in [0.2, 0.25) is 0 Å². The third kappa shape index (κ3) is 5.17. The van der Waals surface area contributed by atoms with Crippen LogP contribution < -0.4 is 10.2 Å². The number of benzene rings is 2. The fraction of sp³-hybridized carbons (Fsp3) is 0.364. The molecule has 1 aliphatic rings. The number of carbonyl (C=O) groups is 2. The zero-order valence-electron chi connectivity index (χ0n) is 15.9. The number of hydrogen-bond acceptors (Lipinski definition) is 3. The van der Waals surface area contributed by atoms with Crippen LogP contribution in [-0.2, 0) is 16.1 Å². The van der Waals surface area contributed by atoms with E-state index in [1.54, 1.807) is 17.0 Å². The highest BCUT2D eigenvalue weighted by atomic mass is 16.5. The number of hydrogen-bond donors (Lipinski definition) is 1. The van der Waals surface area contributed by atoms with Gasteiger partial charge in [-0.3, -0.25) is 9.59 Å². The maximum absolute atomic E-state index is 12.5. The molecule has 5 heteroatoms. The average molecular weight is 366 g/mol. The Morgan fingerprint density at radius 3 is 2.63 bits per heavy atom. The number of nitrogens with one attached hydrogen (secondary N) is 1. The number of piperidine rings is 1. The molecule has 142 valence electrons. The number of amides is 2. The summed E-state index contributed by atoms with van der Waals surface area (Å²) in [4.78, 5) is 26.3. The first-order chi connectivity index (χ1) is 13.0. The lowest BCUT2D eigenvalue weighted by Gasteiger charge is -2.26. The lowest BCUT2D eigenvalue weighted by atomic mass is 10.1. The SMILES string of the molecule is CC(C)OCc1cccc(NC(=O)c2ccc(N3CCCCC3=O)cc2)c1. The molecule has 0 spiro atoms. The number of nitrogens with zero attached hydrogens (tertiary/aromatic N) is 1. The second kappa shape index (κ2) is 8.82. The van der Waals surface area contributed by atoms with Gasteiger partial charge in [0.05, 0.1) is 12.7 Å². The van der Waals surface area contributed by atoms with E-state index in [9.17, 15) is 9.59 Å². The van der Waals surface area contributed by atoms with Gasteiger partial charge in [0.25, 0.3) is 5.91 Å². The highest BCUT2D eigenvalue weighted by Gasteiger charge is 2.19. The van der Waals surface area contributed by atoms with Gasteiger partial charge in [0.1, 0.15) is 0 Å². The minimum atomic E-state index is -0.173. The first-order valence-corrected chi connectivity index (χ1v) is 9.45. The van der Waals surface area contributed by atoms with Crippen molar-refractivity contribution < 1.29 is 14.3 Å². The van der Waals surface area contributed by atoms with Crippen molar-refractivity contribution in [3.8, 4) is 0 Å². The van der Waals surface area contributed by atoms with Crippen LogP contribution in [0.5, 0.6) is 0 Å². The van der Waals surface area contributed by atoms with Crippen molar-refractivity contribution in [2.75, 3.05) is 16.8 Å². The zero-order chi connectivity index (χ0) is 19.2. The van der Waals surface area contributed by atoms with Crippen LogP contribution in [0.15, 0.2) is 48.5 Å². The number of rotatable bonds is 6. The van der Waals surface area contributed by atoms with Crippen molar-refractivity contribution in [1.82, 2.24) is 0 Å². The van der Waals surface area contributed by atoms with Crippen molar-refractivity contribution in [3.05, 3.63) is 59.7 Å². The summed E-state index contributed by atoms with van der Waals surface area (Å²) in [7, 11) is 0. The standard InChI is InChI=1S/C22H26N2O3/c1-16(2)27-15-17-6-5-7-19(14-17)23-22(26)18-9-11-20(12-10-18)24-13-4-3-8-21(24)25/h5-7,9-12,14,16H,3-4,8,13,15H2,1-2H3,(H,23,26). The molecule has 1 aliphatic heterocycles. The molecular weight excluding hydrogens is 340 g/mol. The fourth-order valence-corrected chi connectivity index (χ4v) is 3.08. The van der Waals surface area contributed by atoms with E-state index in [-0.39, 0.29) is 17.9 Å². The van der Waals surface area contributed by atoms with Crippen molar-refractivity contribution in [2.45, 2.75) is 45.8 Å². The summed E-state index contributed by atoms with van der Waals surface area (Å²) in [6.45, 7) is 5.25. The molecule has 2 aromatic carbocycles. The summed E-state index contributed by atoms with van der Waals surface area (Å²) in [6.07, 6.45) is 2.73. The topological polar surface area (TPSA) is 58.6 Å². The molecule has 1 heterocycles. The second-order valence-electron chi connectivity index (χ2n) is 7.06. The summed E-state index contributed by atoms with van der Waals surface area (Å²) < 4.78 is 5.61. The normalized spacial score (nSPS) is 14.5. The van der Waals surface area contributed by atoms with Gasteiger partial charge in [0.15, 0.2) is 0 Å². The molecule has 27 heavy (non-hydrogen) atoms. The molecule has 1 fully saturated rings. The molecule has 5 nitrogen and oxygen atoms in total. The molecule has 0 atom stereocenters. The van der Waals surface area contributed by atoms with Gasteiger partial charge in [-0.15, -0.1) is 0 Å². The second-order valence-corrected chi connectivity index (χ2v) is 7.06. The highest BCUT2D eigenvalue weighted by molar-refractivity contribution is 6.04. The Hall–Kier alpha value is -2.66. The number of anilines is 2. The third-order valence-electron chi connectivity index (χ3n) is 4.53. The zero-order valence-corrected chi connectivity index (χ0v) is 15.9. The van der Waals surface area contributed by atoms with Gasteiger partial charge in [-0.25, -0.2) is 0 Å². The fourth-order valence-electron chi connectivity index (χ4n) is 3.08. The first-order valence-electron chi connectivity index (χ1n) is 9.45. The Morgan fingerprint density at radius 1 is 1.15 bits per heavy atom. The Labute approximate surface area is 160 Å². The van der Waals surface area contributed by atoms with Crippen LogP contribution >= 0.6 is 0 Å². The Morgan fingerprint density at radius 2 is 1.93 bits per heavy atom. The smallest absolute Gasteiger partial charge is 0.255 e. The summed E-state index contributed by atoms with van der Waals surface area (Å²) in [5, 5.41) is 2.92. The predicted molar refractivity (Wildman–Crippen MR) is 107 cm³/mol. The molecule has 0 aromatic heterocycles. The van der Waals surface area contributed by atoms with Crippen molar-refractivity contribution in [3.63, 3.8) is 0 Å². The molecule has 2 aromatic rings. The van der Waals surface area contributed by atoms with E-state index in [1.807, 2.05) is 50.2 Å². The van der Waals surface area contributed by atoms with Gasteiger partial charge < -0.3 is 15.0 Å². The van der Waals surface area contributed by atoms with Crippen LogP contribution in [0.1, 0.15) is 49.0 Å². The lowest BCUT2D eigenvalue weighted by molar-refractivity contribution is -0.119. The number of carbonyl (C=O) groups excluding carboxylic acids is 2. The van der Waals surface area contributed by atoms with Crippen molar-refractivity contribution in [1.29, 1.82) is 0 Å². The van der Waals surface area contributed by atoms with Gasteiger partial charge >= 0.3 is 0 Å². The van der Waals surface area contributed by atoms with Gasteiger partial charge in [0, 0.05) is 29.9 Å². The van der Waals surface area contributed by atoms with Gasteiger partial charge in [-0.1, -0.05) is 12.1 Å². The Bertz CT molecular complexity index is 799. The van der Waals surface area contributed by atoms with Crippen LogP contribution in [-0.4, -0.2) is 24.5 Å². The molecule has 0 aliphatic carbocycles. The van der Waals surface area contributed by atoms with E-state index in [1.165, 1.54) is 0 Å². The molecule has 1 N–H and O–H groups in total. The van der Waals surface area contributed by atoms with Crippen LogP contribution in [0.4, 0.5) is 11.4 Å². The van der Waals surface area contributed by atoms with E-state index in [2.05, 4.69) is 5.32 Å². The van der Waals surface area contributed by atoms with Crippen LogP contribution in [0.3, 0.4) is 0 Å². The Balaban J connectivity index is 1.64. The number of ether oxygens (including phenoxy) is 1. The molecule has 2 amide bonds. The van der Waals surface area contributed by atoms with E-state index >= 15 is 0 Å². The molecule has 0 bridgehead atoms. The minimum Gasteiger partial charge on any atom is -0.374 e. The maximum atomic E-state index is 12.5.